The monoisotopic (exact) mass is 285 g/mol. The summed E-state index contributed by atoms with van der Waals surface area (Å²) in [5.41, 5.74) is 1.76. The van der Waals surface area contributed by atoms with Gasteiger partial charge in [-0.05, 0) is 13.3 Å². The highest BCUT2D eigenvalue weighted by atomic mass is 32.1. The molecule has 106 valence electrons. The number of nitrogens with one attached hydrogen (secondary N) is 2. The lowest BCUT2D eigenvalue weighted by Gasteiger charge is -2.23. The maximum atomic E-state index is 11.5. The molecule has 0 aliphatic heterocycles. The molecule has 1 aromatic heterocycles. The molecule has 1 unspecified atom stereocenters. The molecular weight excluding hydrogens is 266 g/mol. The first-order valence-electron chi connectivity index (χ1n) is 6.10. The number of thiazole rings is 1. The van der Waals surface area contributed by atoms with Gasteiger partial charge in [-0.25, -0.2) is 9.78 Å². The van der Waals surface area contributed by atoms with E-state index in [4.69, 9.17) is 5.11 Å². The fourth-order valence-electron chi connectivity index (χ4n) is 1.35. The third-order valence-corrected chi connectivity index (χ3v) is 3.72. The van der Waals surface area contributed by atoms with E-state index in [9.17, 15) is 9.59 Å². The second kappa shape index (κ2) is 7.08. The molecule has 0 spiro atoms. The van der Waals surface area contributed by atoms with Gasteiger partial charge in [0.1, 0.15) is 0 Å². The summed E-state index contributed by atoms with van der Waals surface area (Å²) in [6.07, 6.45) is 1.13. The third-order valence-electron chi connectivity index (χ3n) is 3.09. The van der Waals surface area contributed by atoms with Gasteiger partial charge in [0.05, 0.1) is 16.6 Å². The Labute approximate surface area is 116 Å². The standard InChI is InChI=1S/C12H19N3O3S/c1-3-12(2,10(16)17)7-14-11(18)13-5-4-9-6-19-8-15-9/h6,8H,3-5,7H2,1-2H3,(H,16,17)(H2,13,14,18). The molecule has 19 heavy (non-hydrogen) atoms. The predicted octanol–water partition coefficient (Wildman–Crippen LogP) is 1.49. The van der Waals surface area contributed by atoms with Crippen LogP contribution in [-0.2, 0) is 11.2 Å². The second-order valence-electron chi connectivity index (χ2n) is 4.56. The van der Waals surface area contributed by atoms with Crippen molar-refractivity contribution in [3.63, 3.8) is 0 Å². The van der Waals surface area contributed by atoms with Gasteiger partial charge in [0.25, 0.3) is 0 Å². The van der Waals surface area contributed by atoms with Crippen molar-refractivity contribution in [2.75, 3.05) is 13.1 Å². The largest absolute Gasteiger partial charge is 0.481 e. The molecule has 0 aliphatic rings. The summed E-state index contributed by atoms with van der Waals surface area (Å²) in [7, 11) is 0. The Morgan fingerprint density at radius 2 is 2.21 bits per heavy atom. The number of carbonyl (C=O) groups excluding carboxylic acids is 1. The number of amides is 2. The zero-order valence-corrected chi connectivity index (χ0v) is 11.9. The molecule has 2 amide bonds. The minimum atomic E-state index is -0.924. The predicted molar refractivity (Wildman–Crippen MR) is 73.3 cm³/mol. The van der Waals surface area contributed by atoms with Crippen LogP contribution in [0.3, 0.4) is 0 Å². The summed E-state index contributed by atoms with van der Waals surface area (Å²) >= 11 is 1.51. The molecule has 0 radical (unpaired) electrons. The Balaban J connectivity index is 2.26. The van der Waals surface area contributed by atoms with E-state index in [1.165, 1.54) is 11.3 Å². The highest BCUT2D eigenvalue weighted by Gasteiger charge is 2.31. The topological polar surface area (TPSA) is 91.3 Å². The van der Waals surface area contributed by atoms with Crippen molar-refractivity contribution in [2.24, 2.45) is 5.41 Å². The van der Waals surface area contributed by atoms with Crippen LogP contribution in [0.25, 0.3) is 0 Å². The summed E-state index contributed by atoms with van der Waals surface area (Å²) in [4.78, 5) is 26.7. The van der Waals surface area contributed by atoms with Crippen molar-refractivity contribution >= 4 is 23.3 Å². The van der Waals surface area contributed by atoms with E-state index >= 15 is 0 Å². The summed E-state index contributed by atoms with van der Waals surface area (Å²) in [5.74, 6) is -0.905. The maximum Gasteiger partial charge on any atom is 0.314 e. The highest BCUT2D eigenvalue weighted by molar-refractivity contribution is 7.07. The summed E-state index contributed by atoms with van der Waals surface area (Å²) in [6.45, 7) is 3.99. The van der Waals surface area contributed by atoms with E-state index in [2.05, 4.69) is 15.6 Å². The van der Waals surface area contributed by atoms with Crippen LogP contribution in [0.15, 0.2) is 10.9 Å². The Morgan fingerprint density at radius 3 is 2.74 bits per heavy atom. The van der Waals surface area contributed by atoms with E-state index < -0.39 is 11.4 Å². The second-order valence-corrected chi connectivity index (χ2v) is 5.28. The lowest BCUT2D eigenvalue weighted by molar-refractivity contribution is -0.147. The number of aliphatic carboxylic acids is 1. The van der Waals surface area contributed by atoms with Gasteiger partial charge in [0, 0.05) is 24.9 Å². The smallest absolute Gasteiger partial charge is 0.314 e. The molecule has 0 aliphatic carbocycles. The third kappa shape index (κ3) is 4.86. The van der Waals surface area contributed by atoms with E-state index in [0.29, 0.717) is 19.4 Å². The number of nitrogens with zero attached hydrogens (tertiary/aromatic N) is 1. The SMILES string of the molecule is CCC(C)(CNC(=O)NCCc1cscn1)C(=O)O. The highest BCUT2D eigenvalue weighted by Crippen LogP contribution is 2.19. The van der Waals surface area contributed by atoms with Crippen molar-refractivity contribution < 1.29 is 14.7 Å². The Bertz CT molecular complexity index is 422. The molecular formula is C12H19N3O3S. The average molecular weight is 285 g/mol. The summed E-state index contributed by atoms with van der Waals surface area (Å²) in [6, 6.07) is -0.351. The quantitative estimate of drug-likeness (QED) is 0.707. The summed E-state index contributed by atoms with van der Waals surface area (Å²) < 4.78 is 0. The van der Waals surface area contributed by atoms with Crippen LogP contribution in [0.2, 0.25) is 0 Å². The maximum absolute atomic E-state index is 11.5. The minimum Gasteiger partial charge on any atom is -0.481 e. The minimum absolute atomic E-state index is 0.112. The van der Waals surface area contributed by atoms with Gasteiger partial charge in [-0.3, -0.25) is 4.79 Å². The van der Waals surface area contributed by atoms with Crippen LogP contribution in [0.4, 0.5) is 4.79 Å². The zero-order valence-electron chi connectivity index (χ0n) is 11.1. The molecule has 0 aromatic carbocycles. The number of rotatable bonds is 7. The van der Waals surface area contributed by atoms with E-state index in [1.807, 2.05) is 5.38 Å². The molecule has 3 N–H and O–H groups in total. The summed E-state index contributed by atoms with van der Waals surface area (Å²) in [5, 5.41) is 16.3. The van der Waals surface area contributed by atoms with Crippen molar-refractivity contribution in [3.8, 4) is 0 Å². The van der Waals surface area contributed by atoms with Gasteiger partial charge in [-0.1, -0.05) is 6.92 Å². The Morgan fingerprint density at radius 1 is 1.47 bits per heavy atom. The van der Waals surface area contributed by atoms with Gasteiger partial charge in [0.15, 0.2) is 0 Å². The average Bonchev–Trinajstić information content (AvgIpc) is 2.89. The van der Waals surface area contributed by atoms with Crippen LogP contribution in [0.5, 0.6) is 0 Å². The molecule has 0 saturated carbocycles. The Kier molecular flexibility index (Phi) is 5.75. The molecule has 1 aromatic rings. The van der Waals surface area contributed by atoms with Crippen LogP contribution in [-0.4, -0.2) is 35.2 Å². The normalized spacial score (nSPS) is 13.6. The number of hydrogen-bond donors (Lipinski definition) is 3. The van der Waals surface area contributed by atoms with E-state index in [-0.39, 0.29) is 12.6 Å². The lowest BCUT2D eigenvalue weighted by atomic mass is 9.88. The fraction of sp³-hybridized carbons (Fsp3) is 0.583. The van der Waals surface area contributed by atoms with Gasteiger partial charge in [-0.15, -0.1) is 11.3 Å². The molecule has 6 nitrogen and oxygen atoms in total. The lowest BCUT2D eigenvalue weighted by Crippen LogP contribution is -2.45. The number of urea groups is 1. The molecule has 1 heterocycles. The fourth-order valence-corrected chi connectivity index (χ4v) is 1.95. The van der Waals surface area contributed by atoms with Crippen LogP contribution in [0, 0.1) is 5.41 Å². The van der Waals surface area contributed by atoms with Crippen molar-refractivity contribution in [1.29, 1.82) is 0 Å². The number of aromatic nitrogens is 1. The number of carboxylic acid groups (broad SMARTS) is 1. The number of carboxylic acids is 1. The Hall–Kier alpha value is -1.63. The molecule has 0 bridgehead atoms. The van der Waals surface area contributed by atoms with Gasteiger partial charge in [-0.2, -0.15) is 0 Å². The van der Waals surface area contributed by atoms with Crippen molar-refractivity contribution in [3.05, 3.63) is 16.6 Å². The van der Waals surface area contributed by atoms with Crippen molar-refractivity contribution in [1.82, 2.24) is 15.6 Å². The molecule has 1 rings (SSSR count). The zero-order chi connectivity index (χ0) is 14.3. The first kappa shape index (κ1) is 15.4. The molecule has 1 atom stereocenters. The van der Waals surface area contributed by atoms with Gasteiger partial charge in [0.2, 0.25) is 0 Å². The van der Waals surface area contributed by atoms with Crippen LogP contribution >= 0.6 is 11.3 Å². The molecule has 0 fully saturated rings. The van der Waals surface area contributed by atoms with E-state index in [0.717, 1.165) is 5.69 Å². The van der Waals surface area contributed by atoms with Crippen LogP contribution in [0.1, 0.15) is 26.0 Å². The molecule has 7 heteroatoms. The number of hydrogen-bond acceptors (Lipinski definition) is 4. The van der Waals surface area contributed by atoms with Gasteiger partial charge >= 0.3 is 12.0 Å². The van der Waals surface area contributed by atoms with Gasteiger partial charge < -0.3 is 15.7 Å². The van der Waals surface area contributed by atoms with Crippen LogP contribution < -0.4 is 10.6 Å². The molecule has 0 saturated heterocycles. The van der Waals surface area contributed by atoms with Crippen molar-refractivity contribution in [2.45, 2.75) is 26.7 Å². The number of carbonyl (C=O) groups is 2. The first-order valence-corrected chi connectivity index (χ1v) is 7.04. The first-order chi connectivity index (χ1) is 8.98. The van der Waals surface area contributed by atoms with E-state index in [1.54, 1.807) is 19.4 Å².